The molecule has 0 fully saturated rings. The molecule has 0 atom stereocenters. The average molecular weight is 153 g/mol. The SMILES string of the molecule is Cc1ncc(C(=O)NO)cn1. The second kappa shape index (κ2) is 3.07. The lowest BCUT2D eigenvalue weighted by atomic mass is 10.3. The van der Waals surface area contributed by atoms with E-state index in [9.17, 15) is 4.79 Å². The zero-order chi connectivity index (χ0) is 8.27. The minimum Gasteiger partial charge on any atom is -0.288 e. The fourth-order valence-corrected chi connectivity index (χ4v) is 0.574. The Kier molecular flexibility index (Phi) is 2.12. The third kappa shape index (κ3) is 1.71. The summed E-state index contributed by atoms with van der Waals surface area (Å²) in [5.41, 5.74) is 1.72. The second-order valence-electron chi connectivity index (χ2n) is 1.96. The molecule has 0 saturated heterocycles. The molecule has 1 heterocycles. The van der Waals surface area contributed by atoms with Crippen molar-refractivity contribution in [2.75, 3.05) is 0 Å². The molecule has 5 nitrogen and oxygen atoms in total. The molecule has 0 aliphatic heterocycles. The highest BCUT2D eigenvalue weighted by molar-refractivity contribution is 5.92. The van der Waals surface area contributed by atoms with E-state index in [0.29, 0.717) is 5.82 Å². The van der Waals surface area contributed by atoms with Crippen LogP contribution in [-0.2, 0) is 0 Å². The van der Waals surface area contributed by atoms with Gasteiger partial charge in [-0.2, -0.15) is 0 Å². The monoisotopic (exact) mass is 153 g/mol. The molecule has 0 aromatic carbocycles. The standard InChI is InChI=1S/C6H7N3O2/c1-4-7-2-5(3-8-4)6(10)9-11/h2-3,11H,1H3,(H,9,10). The smallest absolute Gasteiger partial charge is 0.277 e. The Morgan fingerprint density at radius 1 is 1.55 bits per heavy atom. The molecule has 1 rings (SSSR count). The van der Waals surface area contributed by atoms with Gasteiger partial charge in [0.25, 0.3) is 5.91 Å². The van der Waals surface area contributed by atoms with Crippen LogP contribution in [0.5, 0.6) is 0 Å². The van der Waals surface area contributed by atoms with Crippen LogP contribution in [0.1, 0.15) is 16.2 Å². The lowest BCUT2D eigenvalue weighted by Gasteiger charge is -1.96. The van der Waals surface area contributed by atoms with Gasteiger partial charge in [0.1, 0.15) is 5.82 Å². The van der Waals surface area contributed by atoms with Crippen LogP contribution in [0.15, 0.2) is 12.4 Å². The maximum Gasteiger partial charge on any atom is 0.277 e. The molecule has 0 aliphatic carbocycles. The van der Waals surface area contributed by atoms with Crippen LogP contribution >= 0.6 is 0 Å². The first kappa shape index (κ1) is 7.62. The molecule has 0 spiro atoms. The van der Waals surface area contributed by atoms with Crippen LogP contribution in [-0.4, -0.2) is 21.1 Å². The number of nitrogens with one attached hydrogen (secondary N) is 1. The van der Waals surface area contributed by atoms with E-state index in [2.05, 4.69) is 9.97 Å². The molecule has 1 amide bonds. The zero-order valence-corrected chi connectivity index (χ0v) is 5.90. The summed E-state index contributed by atoms with van der Waals surface area (Å²) in [6.07, 6.45) is 2.68. The molecule has 0 radical (unpaired) electrons. The van der Waals surface area contributed by atoms with Crippen molar-refractivity contribution in [2.24, 2.45) is 0 Å². The van der Waals surface area contributed by atoms with Gasteiger partial charge in [-0.1, -0.05) is 0 Å². The van der Waals surface area contributed by atoms with Crippen LogP contribution in [0.25, 0.3) is 0 Å². The first-order valence-corrected chi connectivity index (χ1v) is 2.97. The highest BCUT2D eigenvalue weighted by atomic mass is 16.5. The summed E-state index contributed by atoms with van der Waals surface area (Å²) >= 11 is 0. The summed E-state index contributed by atoms with van der Waals surface area (Å²) in [7, 11) is 0. The quantitative estimate of drug-likeness (QED) is 0.436. The van der Waals surface area contributed by atoms with Gasteiger partial charge in [-0.25, -0.2) is 15.4 Å². The van der Waals surface area contributed by atoms with Gasteiger partial charge in [0.15, 0.2) is 0 Å². The summed E-state index contributed by atoms with van der Waals surface area (Å²) < 4.78 is 0. The number of hydrogen-bond acceptors (Lipinski definition) is 4. The van der Waals surface area contributed by atoms with E-state index in [1.54, 1.807) is 6.92 Å². The van der Waals surface area contributed by atoms with Crippen molar-refractivity contribution < 1.29 is 10.0 Å². The minimum absolute atomic E-state index is 0.234. The molecule has 0 unspecified atom stereocenters. The molecular weight excluding hydrogens is 146 g/mol. The van der Waals surface area contributed by atoms with Gasteiger partial charge in [0.05, 0.1) is 5.56 Å². The van der Waals surface area contributed by atoms with Crippen LogP contribution in [0.3, 0.4) is 0 Å². The summed E-state index contributed by atoms with van der Waals surface area (Å²) in [5.74, 6) is -0.0236. The fraction of sp³-hybridized carbons (Fsp3) is 0.167. The van der Waals surface area contributed by atoms with Crippen LogP contribution < -0.4 is 5.48 Å². The Balaban J connectivity index is 2.90. The van der Waals surface area contributed by atoms with E-state index < -0.39 is 5.91 Å². The molecule has 11 heavy (non-hydrogen) atoms. The largest absolute Gasteiger partial charge is 0.288 e. The number of aromatic nitrogens is 2. The van der Waals surface area contributed by atoms with Gasteiger partial charge in [0.2, 0.25) is 0 Å². The normalized spacial score (nSPS) is 9.27. The third-order valence-corrected chi connectivity index (χ3v) is 1.14. The Bertz CT molecular complexity index is 257. The lowest BCUT2D eigenvalue weighted by molar-refractivity contribution is 0.0705. The van der Waals surface area contributed by atoms with E-state index in [4.69, 9.17) is 5.21 Å². The van der Waals surface area contributed by atoms with Crippen LogP contribution in [0.4, 0.5) is 0 Å². The van der Waals surface area contributed by atoms with Gasteiger partial charge < -0.3 is 0 Å². The van der Waals surface area contributed by atoms with Crippen molar-refractivity contribution in [1.82, 2.24) is 15.4 Å². The molecular formula is C6H7N3O2. The molecule has 0 saturated carbocycles. The summed E-state index contributed by atoms with van der Waals surface area (Å²) in [4.78, 5) is 18.2. The van der Waals surface area contributed by atoms with Crippen molar-refractivity contribution in [3.8, 4) is 0 Å². The van der Waals surface area contributed by atoms with Crippen LogP contribution in [0, 0.1) is 6.92 Å². The van der Waals surface area contributed by atoms with Gasteiger partial charge >= 0.3 is 0 Å². The molecule has 58 valence electrons. The first-order chi connectivity index (χ1) is 5.24. The van der Waals surface area contributed by atoms with Crippen molar-refractivity contribution >= 4 is 5.91 Å². The number of nitrogens with zero attached hydrogens (tertiary/aromatic N) is 2. The third-order valence-electron chi connectivity index (χ3n) is 1.14. The Morgan fingerprint density at radius 3 is 2.55 bits per heavy atom. The highest BCUT2D eigenvalue weighted by Gasteiger charge is 2.02. The topological polar surface area (TPSA) is 75.1 Å². The number of hydroxylamine groups is 1. The van der Waals surface area contributed by atoms with E-state index in [1.165, 1.54) is 17.9 Å². The Hall–Kier alpha value is -1.49. The predicted molar refractivity (Wildman–Crippen MR) is 36.0 cm³/mol. The number of rotatable bonds is 1. The highest BCUT2D eigenvalue weighted by Crippen LogP contribution is 1.93. The van der Waals surface area contributed by atoms with E-state index in [0.717, 1.165) is 0 Å². The summed E-state index contributed by atoms with van der Waals surface area (Å²) in [5, 5.41) is 8.20. The Morgan fingerprint density at radius 2 is 2.09 bits per heavy atom. The van der Waals surface area contributed by atoms with Gasteiger partial charge in [-0.3, -0.25) is 10.0 Å². The number of hydrogen-bond donors (Lipinski definition) is 2. The fourth-order valence-electron chi connectivity index (χ4n) is 0.574. The number of amides is 1. The van der Waals surface area contributed by atoms with Crippen molar-refractivity contribution in [3.05, 3.63) is 23.8 Å². The van der Waals surface area contributed by atoms with Crippen molar-refractivity contribution in [3.63, 3.8) is 0 Å². The molecule has 0 bridgehead atoms. The summed E-state index contributed by atoms with van der Waals surface area (Å²) in [6.45, 7) is 1.71. The molecule has 0 aliphatic rings. The number of aryl methyl sites for hydroxylation is 1. The van der Waals surface area contributed by atoms with Gasteiger partial charge in [-0.15, -0.1) is 0 Å². The average Bonchev–Trinajstić information content (AvgIpc) is 2.05. The van der Waals surface area contributed by atoms with E-state index in [1.807, 2.05) is 0 Å². The zero-order valence-electron chi connectivity index (χ0n) is 5.90. The van der Waals surface area contributed by atoms with E-state index >= 15 is 0 Å². The summed E-state index contributed by atoms with van der Waals surface area (Å²) in [6, 6.07) is 0. The van der Waals surface area contributed by atoms with E-state index in [-0.39, 0.29) is 5.56 Å². The maximum absolute atomic E-state index is 10.7. The molecule has 2 N–H and O–H groups in total. The second-order valence-corrected chi connectivity index (χ2v) is 1.96. The lowest BCUT2D eigenvalue weighted by Crippen LogP contribution is -2.19. The minimum atomic E-state index is -0.606. The molecule has 1 aromatic rings. The van der Waals surface area contributed by atoms with Crippen LogP contribution in [0.2, 0.25) is 0 Å². The molecule has 1 aromatic heterocycles. The Labute approximate surface area is 63.1 Å². The number of carbonyl (C=O) groups excluding carboxylic acids is 1. The number of carbonyl (C=O) groups is 1. The van der Waals surface area contributed by atoms with Gasteiger partial charge in [0, 0.05) is 12.4 Å². The van der Waals surface area contributed by atoms with Gasteiger partial charge in [-0.05, 0) is 6.92 Å². The van der Waals surface area contributed by atoms with Crippen molar-refractivity contribution in [1.29, 1.82) is 0 Å². The van der Waals surface area contributed by atoms with Crippen molar-refractivity contribution in [2.45, 2.75) is 6.92 Å². The predicted octanol–water partition coefficient (Wildman–Crippen LogP) is -0.0960. The molecule has 5 heteroatoms. The maximum atomic E-state index is 10.7. The first-order valence-electron chi connectivity index (χ1n) is 2.97.